The fourth-order valence-corrected chi connectivity index (χ4v) is 3.04. The van der Waals surface area contributed by atoms with Gasteiger partial charge in [-0.1, -0.05) is 37.8 Å². The lowest BCUT2D eigenvalue weighted by Gasteiger charge is -2.12. The van der Waals surface area contributed by atoms with E-state index in [2.05, 4.69) is 32.9 Å². The highest BCUT2D eigenvalue weighted by Crippen LogP contribution is 2.26. The molecule has 0 saturated heterocycles. The zero-order valence-corrected chi connectivity index (χ0v) is 20.7. The standard InChI is InChI=1S/C27H32N4O5/c1-27(2,3)24-18-25(31-36-24)30-26(34)29-22-12-9-20(17-23(22)33)6-5-19-7-10-21(11-8-19)35-16-4-13-28-14-15-32/h7-12,17-18,28,32-33H,4,13-16H2,1-3H3,(H2,29,30,31,34). The van der Waals surface area contributed by atoms with Crippen molar-refractivity contribution in [3.8, 4) is 23.3 Å². The number of hydrogen-bond donors (Lipinski definition) is 5. The molecule has 5 N–H and O–H groups in total. The fourth-order valence-electron chi connectivity index (χ4n) is 3.04. The second-order valence-corrected chi connectivity index (χ2v) is 9.09. The molecule has 9 heteroatoms. The normalized spacial score (nSPS) is 10.9. The summed E-state index contributed by atoms with van der Waals surface area (Å²) < 4.78 is 10.9. The minimum atomic E-state index is -0.554. The van der Waals surface area contributed by atoms with Crippen LogP contribution >= 0.6 is 0 Å². The van der Waals surface area contributed by atoms with E-state index in [1.54, 1.807) is 18.2 Å². The molecule has 0 aliphatic rings. The maximum Gasteiger partial charge on any atom is 0.325 e. The predicted molar refractivity (Wildman–Crippen MR) is 138 cm³/mol. The van der Waals surface area contributed by atoms with Gasteiger partial charge in [0.1, 0.15) is 17.3 Å². The van der Waals surface area contributed by atoms with Crippen LogP contribution in [0.1, 0.15) is 44.1 Å². The number of anilines is 2. The number of aromatic nitrogens is 1. The summed E-state index contributed by atoms with van der Waals surface area (Å²) in [5.41, 5.74) is 1.41. The molecule has 2 aromatic carbocycles. The van der Waals surface area contributed by atoms with E-state index < -0.39 is 6.03 Å². The van der Waals surface area contributed by atoms with Gasteiger partial charge in [0.05, 0.1) is 18.9 Å². The van der Waals surface area contributed by atoms with Crippen LogP contribution in [0.25, 0.3) is 0 Å². The Bertz CT molecular complexity index is 1200. The van der Waals surface area contributed by atoms with Crippen LogP contribution in [0.4, 0.5) is 16.3 Å². The Morgan fingerprint density at radius 2 is 1.75 bits per heavy atom. The molecule has 0 fully saturated rings. The first-order valence-corrected chi connectivity index (χ1v) is 11.7. The van der Waals surface area contributed by atoms with Gasteiger partial charge < -0.3 is 30.1 Å². The van der Waals surface area contributed by atoms with Crippen LogP contribution in [0.3, 0.4) is 0 Å². The van der Waals surface area contributed by atoms with E-state index in [0.717, 1.165) is 24.3 Å². The molecule has 0 unspecified atom stereocenters. The first-order valence-electron chi connectivity index (χ1n) is 11.7. The molecule has 3 rings (SSSR count). The molecule has 0 spiro atoms. The molecule has 0 aliphatic heterocycles. The van der Waals surface area contributed by atoms with Gasteiger partial charge in [-0.2, -0.15) is 0 Å². The van der Waals surface area contributed by atoms with Crippen molar-refractivity contribution in [2.24, 2.45) is 0 Å². The van der Waals surface area contributed by atoms with E-state index in [1.165, 1.54) is 6.07 Å². The number of nitrogens with zero attached hydrogens (tertiary/aromatic N) is 1. The van der Waals surface area contributed by atoms with Crippen molar-refractivity contribution in [3.63, 3.8) is 0 Å². The molecule has 190 valence electrons. The number of aromatic hydroxyl groups is 1. The number of benzene rings is 2. The Balaban J connectivity index is 1.51. The van der Waals surface area contributed by atoms with Crippen molar-refractivity contribution in [2.75, 3.05) is 36.9 Å². The average Bonchev–Trinajstić information content (AvgIpc) is 3.31. The number of amides is 2. The predicted octanol–water partition coefficient (Wildman–Crippen LogP) is 4.07. The largest absolute Gasteiger partial charge is 0.506 e. The summed E-state index contributed by atoms with van der Waals surface area (Å²) in [4.78, 5) is 12.3. The monoisotopic (exact) mass is 492 g/mol. The summed E-state index contributed by atoms with van der Waals surface area (Å²) >= 11 is 0. The fraction of sp³-hybridized carbons (Fsp3) is 0.333. The molecule has 36 heavy (non-hydrogen) atoms. The number of aliphatic hydroxyl groups is 1. The SMILES string of the molecule is CC(C)(C)c1cc(NC(=O)Nc2ccc(C#Cc3ccc(OCCCNCCO)cc3)cc2O)no1. The Morgan fingerprint density at radius 1 is 1.03 bits per heavy atom. The van der Waals surface area contributed by atoms with Crippen molar-refractivity contribution < 1.29 is 24.3 Å². The van der Waals surface area contributed by atoms with Gasteiger partial charge in [-0.05, 0) is 55.4 Å². The molecule has 3 aromatic rings. The van der Waals surface area contributed by atoms with Crippen LogP contribution in [0.15, 0.2) is 53.1 Å². The van der Waals surface area contributed by atoms with Crippen molar-refractivity contribution in [1.82, 2.24) is 10.5 Å². The van der Waals surface area contributed by atoms with Crippen molar-refractivity contribution >= 4 is 17.5 Å². The van der Waals surface area contributed by atoms with Gasteiger partial charge in [0.25, 0.3) is 0 Å². The quantitative estimate of drug-likeness (QED) is 0.173. The van der Waals surface area contributed by atoms with Gasteiger partial charge in [-0.15, -0.1) is 0 Å². The highest BCUT2D eigenvalue weighted by Gasteiger charge is 2.20. The number of carbonyl (C=O) groups excluding carboxylic acids is 1. The minimum absolute atomic E-state index is 0.107. The first kappa shape index (κ1) is 26.6. The second-order valence-electron chi connectivity index (χ2n) is 9.09. The number of phenolic OH excluding ortho intramolecular Hbond substituents is 1. The molecule has 0 aliphatic carbocycles. The second kappa shape index (κ2) is 12.6. The van der Waals surface area contributed by atoms with Gasteiger partial charge >= 0.3 is 6.03 Å². The molecule has 0 saturated carbocycles. The van der Waals surface area contributed by atoms with Crippen LogP contribution in [-0.4, -0.2) is 47.7 Å². The Labute approximate surface area is 210 Å². The van der Waals surface area contributed by atoms with Crippen molar-refractivity contribution in [3.05, 3.63) is 65.4 Å². The number of phenols is 1. The molecule has 2 amide bonds. The third-order valence-electron chi connectivity index (χ3n) is 5.00. The lowest BCUT2D eigenvalue weighted by molar-refractivity contribution is 0.261. The maximum atomic E-state index is 12.3. The van der Waals surface area contributed by atoms with E-state index in [-0.39, 0.29) is 29.3 Å². The highest BCUT2D eigenvalue weighted by molar-refractivity contribution is 6.00. The van der Waals surface area contributed by atoms with Crippen molar-refractivity contribution in [2.45, 2.75) is 32.6 Å². The van der Waals surface area contributed by atoms with Gasteiger partial charge in [-0.3, -0.25) is 5.32 Å². The number of nitrogens with one attached hydrogen (secondary N) is 3. The number of carbonyl (C=O) groups is 1. The molecule has 1 aromatic heterocycles. The van der Waals surface area contributed by atoms with Gasteiger partial charge in [-0.25, -0.2) is 4.79 Å². The van der Waals surface area contributed by atoms with Crippen LogP contribution in [-0.2, 0) is 5.41 Å². The molecule has 0 bridgehead atoms. The minimum Gasteiger partial charge on any atom is -0.506 e. The van der Waals surface area contributed by atoms with Crippen molar-refractivity contribution in [1.29, 1.82) is 0 Å². The highest BCUT2D eigenvalue weighted by atomic mass is 16.5. The van der Waals surface area contributed by atoms with E-state index in [9.17, 15) is 9.90 Å². The summed E-state index contributed by atoms with van der Waals surface area (Å²) in [5, 5.41) is 31.2. The third kappa shape index (κ3) is 8.34. The average molecular weight is 493 g/mol. The van der Waals surface area contributed by atoms with E-state index in [1.807, 2.05) is 45.0 Å². The smallest absolute Gasteiger partial charge is 0.325 e. The van der Waals surface area contributed by atoms with E-state index in [0.29, 0.717) is 24.5 Å². The lowest BCUT2D eigenvalue weighted by atomic mass is 9.93. The van der Waals surface area contributed by atoms with Gasteiger partial charge in [0, 0.05) is 29.2 Å². The lowest BCUT2D eigenvalue weighted by Crippen LogP contribution is -2.20. The summed E-state index contributed by atoms with van der Waals surface area (Å²) in [6.07, 6.45) is 0.843. The number of ether oxygens (including phenoxy) is 1. The zero-order chi connectivity index (χ0) is 26.0. The molecule has 0 radical (unpaired) electrons. The van der Waals surface area contributed by atoms with Gasteiger partial charge in [0.15, 0.2) is 5.82 Å². The number of rotatable bonds is 9. The van der Waals surface area contributed by atoms with Crippen LogP contribution in [0.2, 0.25) is 0 Å². The summed E-state index contributed by atoms with van der Waals surface area (Å²) in [6, 6.07) is 13.3. The molecule has 0 atom stereocenters. The number of hydrogen-bond acceptors (Lipinski definition) is 7. The Kier molecular flexibility index (Phi) is 9.33. The van der Waals surface area contributed by atoms with E-state index >= 15 is 0 Å². The Morgan fingerprint density at radius 3 is 2.42 bits per heavy atom. The summed E-state index contributed by atoms with van der Waals surface area (Å²) in [5.74, 6) is 7.63. The molecular weight excluding hydrogens is 460 g/mol. The summed E-state index contributed by atoms with van der Waals surface area (Å²) in [7, 11) is 0. The zero-order valence-electron chi connectivity index (χ0n) is 20.7. The van der Waals surface area contributed by atoms with E-state index in [4.69, 9.17) is 14.4 Å². The number of urea groups is 1. The molecule has 1 heterocycles. The molecular formula is C27H32N4O5. The van der Waals surface area contributed by atoms with Crippen LogP contribution in [0.5, 0.6) is 11.5 Å². The maximum absolute atomic E-state index is 12.3. The Hall–Kier alpha value is -4.00. The molecule has 9 nitrogen and oxygen atoms in total. The van der Waals surface area contributed by atoms with Crippen LogP contribution in [0, 0.1) is 11.8 Å². The first-order chi connectivity index (χ1) is 17.2. The third-order valence-corrected chi connectivity index (χ3v) is 5.00. The van der Waals surface area contributed by atoms with Crippen LogP contribution < -0.4 is 20.7 Å². The number of aliphatic hydroxyl groups excluding tert-OH is 1. The van der Waals surface area contributed by atoms with Gasteiger partial charge in [0.2, 0.25) is 0 Å². The topological polar surface area (TPSA) is 129 Å². The summed E-state index contributed by atoms with van der Waals surface area (Å²) in [6.45, 7) is 8.02.